The molecule has 1 saturated carbocycles. The zero-order valence-corrected chi connectivity index (χ0v) is 11.6. The first-order chi connectivity index (χ1) is 9.69. The van der Waals surface area contributed by atoms with Gasteiger partial charge in [0.1, 0.15) is 6.33 Å². The smallest absolute Gasteiger partial charge is 0.243 e. The van der Waals surface area contributed by atoms with Crippen LogP contribution in [0.3, 0.4) is 0 Å². The lowest BCUT2D eigenvalue weighted by Crippen LogP contribution is -2.33. The summed E-state index contributed by atoms with van der Waals surface area (Å²) < 4.78 is 1.72. The van der Waals surface area contributed by atoms with E-state index in [0.29, 0.717) is 23.9 Å². The van der Waals surface area contributed by atoms with Crippen molar-refractivity contribution in [2.75, 3.05) is 17.4 Å². The zero-order chi connectivity index (χ0) is 14.1. The average molecular weight is 274 g/mol. The van der Waals surface area contributed by atoms with Gasteiger partial charge in [0.25, 0.3) is 0 Å². The Morgan fingerprint density at radius 2 is 2.20 bits per heavy atom. The van der Waals surface area contributed by atoms with Gasteiger partial charge in [-0.1, -0.05) is 0 Å². The third-order valence-corrected chi connectivity index (χ3v) is 3.71. The van der Waals surface area contributed by atoms with E-state index in [4.69, 9.17) is 5.84 Å². The Morgan fingerprint density at radius 1 is 1.40 bits per heavy atom. The van der Waals surface area contributed by atoms with E-state index in [9.17, 15) is 0 Å². The summed E-state index contributed by atoms with van der Waals surface area (Å²) in [6.07, 6.45) is 7.64. The molecule has 2 aromatic heterocycles. The number of imidazole rings is 1. The zero-order valence-electron chi connectivity index (χ0n) is 11.6. The van der Waals surface area contributed by atoms with Gasteiger partial charge in [0.2, 0.25) is 17.8 Å². The molecule has 0 amide bonds. The Hall–Kier alpha value is -2.22. The summed E-state index contributed by atoms with van der Waals surface area (Å²) in [5.41, 5.74) is 2.49. The van der Waals surface area contributed by atoms with Crippen LogP contribution in [0.2, 0.25) is 0 Å². The van der Waals surface area contributed by atoms with Crippen LogP contribution in [0.5, 0.6) is 0 Å². The summed E-state index contributed by atoms with van der Waals surface area (Å²) in [4.78, 5) is 19.1. The van der Waals surface area contributed by atoms with Gasteiger partial charge < -0.3 is 4.90 Å². The minimum absolute atomic E-state index is 0.341. The number of hydrogen-bond donors (Lipinski definition) is 2. The van der Waals surface area contributed by atoms with Crippen molar-refractivity contribution in [2.24, 2.45) is 11.8 Å². The highest BCUT2D eigenvalue weighted by molar-refractivity contribution is 5.40. The Morgan fingerprint density at radius 3 is 2.80 bits per heavy atom. The van der Waals surface area contributed by atoms with E-state index in [0.717, 1.165) is 5.92 Å². The summed E-state index contributed by atoms with van der Waals surface area (Å²) in [5.74, 6) is 7.61. The molecule has 1 aliphatic rings. The summed E-state index contributed by atoms with van der Waals surface area (Å²) in [7, 11) is 2.00. The van der Waals surface area contributed by atoms with Gasteiger partial charge in [0, 0.05) is 25.5 Å². The molecule has 1 fully saturated rings. The SMILES string of the molecule is CC(C1CC1)N(C)c1nc(NN)nc(-n2ccnc2)n1. The van der Waals surface area contributed by atoms with Crippen molar-refractivity contribution in [3.63, 3.8) is 0 Å². The standard InChI is InChI=1S/C12H18N8/c1-8(9-3-4-9)19(2)11-15-10(18-13)16-12(17-11)20-6-5-14-7-20/h5-9H,3-4,13H2,1-2H3,(H,15,16,17,18). The third-order valence-electron chi connectivity index (χ3n) is 3.71. The van der Waals surface area contributed by atoms with Crippen LogP contribution < -0.4 is 16.2 Å². The lowest BCUT2D eigenvalue weighted by Gasteiger charge is -2.25. The maximum absolute atomic E-state index is 5.44. The number of nitrogens with one attached hydrogen (secondary N) is 1. The molecule has 1 aliphatic carbocycles. The fourth-order valence-electron chi connectivity index (χ4n) is 2.15. The number of rotatable bonds is 5. The van der Waals surface area contributed by atoms with Crippen LogP contribution in [0.15, 0.2) is 18.7 Å². The van der Waals surface area contributed by atoms with Crippen LogP contribution >= 0.6 is 0 Å². The molecule has 8 nitrogen and oxygen atoms in total. The first-order valence-electron chi connectivity index (χ1n) is 6.63. The Balaban J connectivity index is 1.95. The van der Waals surface area contributed by atoms with Crippen molar-refractivity contribution in [3.8, 4) is 5.95 Å². The van der Waals surface area contributed by atoms with Crippen molar-refractivity contribution in [1.29, 1.82) is 0 Å². The molecule has 0 aliphatic heterocycles. The molecule has 1 atom stereocenters. The highest BCUT2D eigenvalue weighted by Crippen LogP contribution is 2.35. The molecule has 0 saturated heterocycles. The minimum atomic E-state index is 0.341. The average Bonchev–Trinajstić information content (AvgIpc) is 3.19. The van der Waals surface area contributed by atoms with E-state index in [2.05, 4.69) is 37.2 Å². The molecule has 2 heterocycles. The van der Waals surface area contributed by atoms with Crippen molar-refractivity contribution in [3.05, 3.63) is 18.7 Å². The molecular weight excluding hydrogens is 256 g/mol. The van der Waals surface area contributed by atoms with E-state index < -0.39 is 0 Å². The molecule has 2 aromatic rings. The largest absolute Gasteiger partial charge is 0.341 e. The quantitative estimate of drug-likeness (QED) is 0.607. The second-order valence-electron chi connectivity index (χ2n) is 5.06. The Bertz CT molecular complexity index is 577. The van der Waals surface area contributed by atoms with Gasteiger partial charge in [0.15, 0.2) is 0 Å². The molecule has 3 rings (SSSR count). The molecule has 0 aromatic carbocycles. The summed E-state index contributed by atoms with van der Waals surface area (Å²) in [6.45, 7) is 2.19. The predicted molar refractivity (Wildman–Crippen MR) is 75.3 cm³/mol. The number of nitrogen functional groups attached to an aromatic ring is 1. The fraction of sp³-hybridized carbons (Fsp3) is 0.500. The summed E-state index contributed by atoms with van der Waals surface area (Å²) >= 11 is 0. The van der Waals surface area contributed by atoms with E-state index in [-0.39, 0.29) is 0 Å². The van der Waals surface area contributed by atoms with Gasteiger partial charge in [-0.25, -0.2) is 10.8 Å². The van der Waals surface area contributed by atoms with Gasteiger partial charge in [-0.15, -0.1) is 0 Å². The molecule has 0 bridgehead atoms. The maximum Gasteiger partial charge on any atom is 0.243 e. The van der Waals surface area contributed by atoms with Crippen LogP contribution in [-0.2, 0) is 0 Å². The molecule has 1 unspecified atom stereocenters. The lowest BCUT2D eigenvalue weighted by atomic mass is 10.2. The van der Waals surface area contributed by atoms with Crippen molar-refractivity contribution < 1.29 is 0 Å². The van der Waals surface area contributed by atoms with Gasteiger partial charge in [0.05, 0.1) is 0 Å². The summed E-state index contributed by atoms with van der Waals surface area (Å²) in [6, 6.07) is 0.402. The molecule has 20 heavy (non-hydrogen) atoms. The van der Waals surface area contributed by atoms with E-state index in [1.54, 1.807) is 23.3 Å². The third kappa shape index (κ3) is 2.42. The Kier molecular flexibility index (Phi) is 3.23. The molecule has 0 radical (unpaired) electrons. The number of aromatic nitrogens is 5. The highest BCUT2D eigenvalue weighted by Gasteiger charge is 2.31. The normalized spacial score (nSPS) is 15.9. The first-order valence-corrected chi connectivity index (χ1v) is 6.63. The predicted octanol–water partition coefficient (Wildman–Crippen LogP) is 0.578. The number of nitrogens with two attached hydrogens (primary N) is 1. The lowest BCUT2D eigenvalue weighted by molar-refractivity contribution is 0.595. The van der Waals surface area contributed by atoms with Crippen LogP contribution in [0.25, 0.3) is 5.95 Å². The molecule has 8 heteroatoms. The van der Waals surface area contributed by atoms with Gasteiger partial charge in [-0.05, 0) is 25.7 Å². The van der Waals surface area contributed by atoms with E-state index in [1.165, 1.54) is 12.8 Å². The van der Waals surface area contributed by atoms with Crippen molar-refractivity contribution in [2.45, 2.75) is 25.8 Å². The number of hydrazine groups is 1. The molecule has 106 valence electrons. The van der Waals surface area contributed by atoms with Gasteiger partial charge in [-0.3, -0.25) is 9.99 Å². The molecule has 0 spiro atoms. The Labute approximate surface area is 117 Å². The van der Waals surface area contributed by atoms with Crippen LogP contribution in [0.4, 0.5) is 11.9 Å². The molecule has 3 N–H and O–H groups in total. The monoisotopic (exact) mass is 274 g/mol. The maximum atomic E-state index is 5.44. The second kappa shape index (κ2) is 5.04. The minimum Gasteiger partial charge on any atom is -0.341 e. The fourth-order valence-corrected chi connectivity index (χ4v) is 2.15. The second-order valence-corrected chi connectivity index (χ2v) is 5.06. The number of nitrogens with zero attached hydrogens (tertiary/aromatic N) is 6. The van der Waals surface area contributed by atoms with Crippen LogP contribution in [0.1, 0.15) is 19.8 Å². The first kappa shape index (κ1) is 12.8. The van der Waals surface area contributed by atoms with Gasteiger partial charge >= 0.3 is 0 Å². The van der Waals surface area contributed by atoms with E-state index in [1.807, 2.05) is 7.05 Å². The van der Waals surface area contributed by atoms with Crippen LogP contribution in [0, 0.1) is 5.92 Å². The van der Waals surface area contributed by atoms with Gasteiger partial charge in [-0.2, -0.15) is 15.0 Å². The van der Waals surface area contributed by atoms with Crippen LogP contribution in [-0.4, -0.2) is 37.6 Å². The topological polar surface area (TPSA) is 97.8 Å². The van der Waals surface area contributed by atoms with E-state index >= 15 is 0 Å². The highest BCUT2D eigenvalue weighted by atomic mass is 15.4. The number of anilines is 2. The van der Waals surface area contributed by atoms with Crippen molar-refractivity contribution >= 4 is 11.9 Å². The summed E-state index contributed by atoms with van der Waals surface area (Å²) in [5, 5.41) is 0. The number of hydrogen-bond acceptors (Lipinski definition) is 7. The van der Waals surface area contributed by atoms with Crippen molar-refractivity contribution in [1.82, 2.24) is 24.5 Å². The molecular formula is C12H18N8.